The molecule has 0 atom stereocenters. The largest absolute Gasteiger partial charge is 0.345 e. The number of rotatable bonds is 6. The van der Waals surface area contributed by atoms with Gasteiger partial charge < -0.3 is 9.80 Å². The molecule has 0 bridgehead atoms. The highest BCUT2D eigenvalue weighted by molar-refractivity contribution is 7.99. The van der Waals surface area contributed by atoms with Crippen molar-refractivity contribution in [1.29, 1.82) is 0 Å². The van der Waals surface area contributed by atoms with E-state index < -0.39 is 0 Å². The van der Waals surface area contributed by atoms with Gasteiger partial charge in [-0.1, -0.05) is 65.0 Å². The molecule has 1 aliphatic heterocycles. The molecule has 7 nitrogen and oxygen atoms in total. The van der Waals surface area contributed by atoms with E-state index in [4.69, 9.17) is 16.6 Å². The number of para-hydroxylation sites is 2. The summed E-state index contributed by atoms with van der Waals surface area (Å²) < 4.78 is 3.18. The molecule has 0 unspecified atom stereocenters. The summed E-state index contributed by atoms with van der Waals surface area (Å²) in [6, 6.07) is 25.7. The first kappa shape index (κ1) is 24.0. The zero-order valence-corrected chi connectivity index (χ0v) is 22.2. The number of hydrogen-bond acceptors (Lipinski definition) is 7. The molecule has 1 aliphatic rings. The second-order valence-electron chi connectivity index (χ2n) is 8.60. The summed E-state index contributed by atoms with van der Waals surface area (Å²) >= 11 is 9.20. The fraction of sp³-hybridized carbons (Fsp3) is 0.185. The number of amides is 1. The Kier molecular flexibility index (Phi) is 6.82. The molecular formula is C27H23ClN6OS2. The maximum absolute atomic E-state index is 13.1. The Balaban J connectivity index is 1.14. The van der Waals surface area contributed by atoms with Gasteiger partial charge in [-0.05, 0) is 48.5 Å². The van der Waals surface area contributed by atoms with E-state index in [0.29, 0.717) is 34.8 Å². The van der Waals surface area contributed by atoms with Gasteiger partial charge in [0.25, 0.3) is 0 Å². The molecule has 10 heteroatoms. The van der Waals surface area contributed by atoms with Crippen molar-refractivity contribution < 1.29 is 4.79 Å². The number of carbonyl (C=O) groups excluding carboxylic acids is 1. The van der Waals surface area contributed by atoms with Crippen LogP contribution in [0, 0.1) is 0 Å². The van der Waals surface area contributed by atoms with Crippen LogP contribution in [0.4, 0.5) is 5.13 Å². The van der Waals surface area contributed by atoms with Gasteiger partial charge in [0.05, 0.1) is 16.0 Å². The maximum Gasteiger partial charge on any atom is 0.233 e. The van der Waals surface area contributed by atoms with Crippen molar-refractivity contribution in [2.75, 3.05) is 36.8 Å². The van der Waals surface area contributed by atoms with Crippen LogP contribution in [-0.4, -0.2) is 62.5 Å². The predicted octanol–water partition coefficient (Wildman–Crippen LogP) is 5.64. The number of carbonyl (C=O) groups is 1. The van der Waals surface area contributed by atoms with Crippen molar-refractivity contribution >= 4 is 56.0 Å². The van der Waals surface area contributed by atoms with E-state index in [1.54, 1.807) is 11.3 Å². The minimum absolute atomic E-state index is 0.101. The minimum Gasteiger partial charge on any atom is -0.345 e. The second-order valence-corrected chi connectivity index (χ2v) is 11.0. The maximum atomic E-state index is 13.1. The van der Waals surface area contributed by atoms with E-state index in [1.807, 2.05) is 82.3 Å². The first-order valence-corrected chi connectivity index (χ1v) is 14.1. The van der Waals surface area contributed by atoms with Gasteiger partial charge in [-0.25, -0.2) is 4.98 Å². The Hall–Kier alpha value is -3.40. The van der Waals surface area contributed by atoms with Crippen LogP contribution in [-0.2, 0) is 4.79 Å². The number of hydrogen-bond donors (Lipinski definition) is 0. The molecule has 0 radical (unpaired) electrons. The van der Waals surface area contributed by atoms with Gasteiger partial charge in [-0.15, -0.1) is 10.2 Å². The van der Waals surface area contributed by atoms with E-state index in [9.17, 15) is 4.79 Å². The molecule has 2 aromatic heterocycles. The summed E-state index contributed by atoms with van der Waals surface area (Å²) in [6.45, 7) is 2.90. The zero-order chi connectivity index (χ0) is 25.2. The monoisotopic (exact) mass is 546 g/mol. The highest BCUT2D eigenvalue weighted by atomic mass is 35.5. The van der Waals surface area contributed by atoms with Crippen LogP contribution in [0.25, 0.3) is 27.3 Å². The topological polar surface area (TPSA) is 67.2 Å². The fourth-order valence-corrected chi connectivity index (χ4v) is 6.32. The number of thioether (sulfide) groups is 1. The van der Waals surface area contributed by atoms with Crippen molar-refractivity contribution in [3.05, 3.63) is 83.9 Å². The van der Waals surface area contributed by atoms with Crippen molar-refractivity contribution in [2.45, 2.75) is 5.16 Å². The SMILES string of the molecule is O=C(CSc1nnc(-c2ccc(Cl)cc2)n1-c1ccccc1)N1CCN(c2nc3ccccc3s2)CC1. The molecule has 1 saturated heterocycles. The van der Waals surface area contributed by atoms with Crippen LogP contribution in [0.5, 0.6) is 0 Å². The standard InChI is InChI=1S/C27H23ClN6OS2/c28-20-12-10-19(11-13-20)25-30-31-27(34(25)21-6-2-1-3-7-21)36-18-24(35)32-14-16-33(17-15-32)26-29-22-8-4-5-9-23(22)37-26/h1-13H,14-18H2. The first-order valence-electron chi connectivity index (χ1n) is 11.9. The summed E-state index contributed by atoms with van der Waals surface area (Å²) in [5.41, 5.74) is 2.87. The smallest absolute Gasteiger partial charge is 0.233 e. The third-order valence-corrected chi connectivity index (χ3v) is 8.52. The molecule has 37 heavy (non-hydrogen) atoms. The molecule has 0 N–H and O–H groups in total. The third-order valence-electron chi connectivity index (χ3n) is 6.26. The Morgan fingerprint density at radius 1 is 0.892 bits per heavy atom. The molecule has 3 aromatic carbocycles. The number of anilines is 1. The number of halogens is 1. The molecule has 1 fully saturated rings. The molecule has 3 heterocycles. The molecule has 1 amide bonds. The number of nitrogens with zero attached hydrogens (tertiary/aromatic N) is 6. The van der Waals surface area contributed by atoms with Crippen LogP contribution in [0.3, 0.4) is 0 Å². The Bertz CT molecular complexity index is 1490. The molecule has 186 valence electrons. The van der Waals surface area contributed by atoms with Gasteiger partial charge in [0.15, 0.2) is 16.1 Å². The highest BCUT2D eigenvalue weighted by Gasteiger charge is 2.24. The Labute approximate surface area is 227 Å². The van der Waals surface area contributed by atoms with Crippen molar-refractivity contribution in [3.8, 4) is 17.1 Å². The van der Waals surface area contributed by atoms with Gasteiger partial charge in [-0.2, -0.15) is 0 Å². The summed E-state index contributed by atoms with van der Waals surface area (Å²) in [5.74, 6) is 1.11. The van der Waals surface area contributed by atoms with Crippen LogP contribution in [0.2, 0.25) is 5.02 Å². The van der Waals surface area contributed by atoms with E-state index in [-0.39, 0.29) is 5.91 Å². The number of fused-ring (bicyclic) bond motifs is 1. The van der Waals surface area contributed by atoms with Crippen molar-refractivity contribution in [3.63, 3.8) is 0 Å². The molecule has 0 spiro atoms. The first-order chi connectivity index (χ1) is 18.2. The summed E-state index contributed by atoms with van der Waals surface area (Å²) in [5, 5.41) is 11.3. The molecule has 5 aromatic rings. The second kappa shape index (κ2) is 10.5. The number of thiazole rings is 1. The lowest BCUT2D eigenvalue weighted by molar-refractivity contribution is -0.128. The summed E-state index contributed by atoms with van der Waals surface area (Å²) in [4.78, 5) is 22.1. The van der Waals surface area contributed by atoms with Crippen LogP contribution >= 0.6 is 34.7 Å². The molecule has 6 rings (SSSR count). The summed E-state index contributed by atoms with van der Waals surface area (Å²) in [7, 11) is 0. The average Bonchev–Trinajstić information content (AvgIpc) is 3.57. The number of aromatic nitrogens is 4. The van der Waals surface area contributed by atoms with Gasteiger partial charge in [-0.3, -0.25) is 9.36 Å². The summed E-state index contributed by atoms with van der Waals surface area (Å²) in [6.07, 6.45) is 0. The van der Waals surface area contributed by atoms with Crippen LogP contribution in [0.1, 0.15) is 0 Å². The number of benzene rings is 3. The van der Waals surface area contributed by atoms with Gasteiger partial charge in [0.1, 0.15) is 0 Å². The molecule has 0 saturated carbocycles. The fourth-order valence-electron chi connectivity index (χ4n) is 4.32. The Morgan fingerprint density at radius 3 is 2.38 bits per heavy atom. The third kappa shape index (κ3) is 5.07. The van der Waals surface area contributed by atoms with Gasteiger partial charge in [0, 0.05) is 42.5 Å². The average molecular weight is 547 g/mol. The molecular weight excluding hydrogens is 524 g/mol. The minimum atomic E-state index is 0.101. The quantitative estimate of drug-likeness (QED) is 0.257. The van der Waals surface area contributed by atoms with Crippen LogP contribution < -0.4 is 4.90 Å². The lowest BCUT2D eigenvalue weighted by atomic mass is 10.2. The van der Waals surface area contributed by atoms with Gasteiger partial charge >= 0.3 is 0 Å². The van der Waals surface area contributed by atoms with Crippen molar-refractivity contribution in [1.82, 2.24) is 24.6 Å². The van der Waals surface area contributed by atoms with Crippen LogP contribution in [0.15, 0.2) is 84.0 Å². The lowest BCUT2D eigenvalue weighted by Gasteiger charge is -2.34. The van der Waals surface area contributed by atoms with Gasteiger partial charge in [0.2, 0.25) is 5.91 Å². The van der Waals surface area contributed by atoms with E-state index in [0.717, 1.165) is 35.0 Å². The number of piperazine rings is 1. The molecule has 0 aliphatic carbocycles. The van der Waals surface area contributed by atoms with E-state index >= 15 is 0 Å². The Morgan fingerprint density at radius 2 is 1.62 bits per heavy atom. The van der Waals surface area contributed by atoms with E-state index in [2.05, 4.69) is 21.2 Å². The zero-order valence-electron chi connectivity index (χ0n) is 19.8. The highest BCUT2D eigenvalue weighted by Crippen LogP contribution is 2.30. The normalized spacial score (nSPS) is 13.9. The lowest BCUT2D eigenvalue weighted by Crippen LogP contribution is -2.49. The predicted molar refractivity (Wildman–Crippen MR) is 151 cm³/mol. The van der Waals surface area contributed by atoms with Crippen molar-refractivity contribution in [2.24, 2.45) is 0 Å². The van der Waals surface area contributed by atoms with E-state index in [1.165, 1.54) is 16.5 Å².